The molecule has 2 N–H and O–H groups in total. The van der Waals surface area contributed by atoms with Crippen LogP contribution < -0.4 is 5.32 Å². The van der Waals surface area contributed by atoms with Crippen molar-refractivity contribution in [1.82, 2.24) is 10.2 Å². The van der Waals surface area contributed by atoms with Crippen LogP contribution in [0.5, 0.6) is 0 Å². The first-order valence-electron chi connectivity index (χ1n) is 11.5. The van der Waals surface area contributed by atoms with Crippen LogP contribution in [0.2, 0.25) is 0 Å². The number of amides is 2. The van der Waals surface area contributed by atoms with E-state index in [4.69, 9.17) is 4.74 Å². The highest BCUT2D eigenvalue weighted by Crippen LogP contribution is 2.45. The molecule has 0 radical (unpaired) electrons. The van der Waals surface area contributed by atoms with Gasteiger partial charge in [0.05, 0.1) is 0 Å². The number of carboxylic acids is 1. The van der Waals surface area contributed by atoms with Gasteiger partial charge in [-0.3, -0.25) is 9.59 Å². The van der Waals surface area contributed by atoms with Crippen LogP contribution in [0.3, 0.4) is 0 Å². The average molecular weight is 449 g/mol. The second kappa shape index (κ2) is 8.21. The number of aliphatic carboxylic acids is 1. The topological polar surface area (TPSA) is 95.9 Å². The first kappa shape index (κ1) is 21.5. The van der Waals surface area contributed by atoms with E-state index in [2.05, 4.69) is 29.6 Å². The van der Waals surface area contributed by atoms with Crippen molar-refractivity contribution >= 4 is 18.0 Å². The third kappa shape index (κ3) is 3.75. The lowest BCUT2D eigenvalue weighted by Gasteiger charge is -2.47. The normalized spacial score (nSPS) is 22.0. The molecule has 0 bridgehead atoms. The molecule has 0 spiro atoms. The summed E-state index contributed by atoms with van der Waals surface area (Å²) in [5.41, 5.74) is 3.90. The smallest absolute Gasteiger partial charge is 0.407 e. The highest BCUT2D eigenvalue weighted by Gasteiger charge is 2.54. The van der Waals surface area contributed by atoms with Crippen LogP contribution in [0.15, 0.2) is 48.5 Å². The van der Waals surface area contributed by atoms with E-state index in [9.17, 15) is 19.5 Å². The van der Waals surface area contributed by atoms with Gasteiger partial charge in [0.25, 0.3) is 0 Å². The lowest BCUT2D eigenvalue weighted by Crippen LogP contribution is -2.62. The number of nitrogens with one attached hydrogen (secondary N) is 1. The summed E-state index contributed by atoms with van der Waals surface area (Å²) in [5, 5.41) is 12.2. The monoisotopic (exact) mass is 448 g/mol. The molecule has 2 amide bonds. The van der Waals surface area contributed by atoms with E-state index in [1.54, 1.807) is 4.90 Å². The Labute approximate surface area is 192 Å². The highest BCUT2D eigenvalue weighted by molar-refractivity contribution is 5.86. The summed E-state index contributed by atoms with van der Waals surface area (Å²) in [4.78, 5) is 38.0. The van der Waals surface area contributed by atoms with Gasteiger partial charge in [0.15, 0.2) is 0 Å². The zero-order valence-corrected chi connectivity index (χ0v) is 18.6. The Morgan fingerprint density at radius 3 is 2.24 bits per heavy atom. The van der Waals surface area contributed by atoms with E-state index < -0.39 is 17.5 Å². The fourth-order valence-corrected chi connectivity index (χ4v) is 5.22. The summed E-state index contributed by atoms with van der Waals surface area (Å²) in [7, 11) is 0. The van der Waals surface area contributed by atoms with Gasteiger partial charge in [0.1, 0.15) is 12.0 Å². The van der Waals surface area contributed by atoms with Crippen LogP contribution in [-0.2, 0) is 14.3 Å². The molecule has 0 aromatic heterocycles. The molecule has 2 atom stereocenters. The van der Waals surface area contributed by atoms with E-state index in [1.165, 1.54) is 22.3 Å². The average Bonchev–Trinajstić information content (AvgIpc) is 3.50. The molecule has 2 fully saturated rings. The Morgan fingerprint density at radius 1 is 1.06 bits per heavy atom. The quantitative estimate of drug-likeness (QED) is 0.676. The maximum Gasteiger partial charge on any atom is 0.407 e. The molecule has 5 rings (SSSR count). The molecule has 33 heavy (non-hydrogen) atoms. The van der Waals surface area contributed by atoms with Crippen LogP contribution in [-0.4, -0.2) is 54.2 Å². The number of carbonyl (C=O) groups is 3. The molecular weight excluding hydrogens is 420 g/mol. The number of fused-ring (bicyclic) bond motifs is 3. The number of ether oxygens (including phenoxy) is 1. The van der Waals surface area contributed by atoms with Crippen molar-refractivity contribution in [2.45, 2.75) is 25.7 Å². The summed E-state index contributed by atoms with van der Waals surface area (Å²) in [6.07, 6.45) is 0.754. The fraction of sp³-hybridized carbons (Fsp3) is 0.423. The lowest BCUT2D eigenvalue weighted by molar-refractivity contribution is -0.167. The van der Waals surface area contributed by atoms with Crippen LogP contribution >= 0.6 is 0 Å². The zero-order chi connectivity index (χ0) is 23.2. The third-order valence-corrected chi connectivity index (χ3v) is 7.52. The van der Waals surface area contributed by atoms with E-state index >= 15 is 0 Å². The van der Waals surface area contributed by atoms with E-state index in [0.29, 0.717) is 19.4 Å². The molecular formula is C26H28N2O5. The van der Waals surface area contributed by atoms with Gasteiger partial charge in [-0.2, -0.15) is 0 Å². The summed E-state index contributed by atoms with van der Waals surface area (Å²) in [6.45, 7) is 3.04. The van der Waals surface area contributed by atoms with Gasteiger partial charge >= 0.3 is 12.1 Å². The van der Waals surface area contributed by atoms with Crippen molar-refractivity contribution in [3.63, 3.8) is 0 Å². The second-order valence-electron chi connectivity index (χ2n) is 9.44. The Morgan fingerprint density at radius 2 is 1.67 bits per heavy atom. The summed E-state index contributed by atoms with van der Waals surface area (Å²) >= 11 is 0. The molecule has 1 saturated heterocycles. The fourth-order valence-electron chi connectivity index (χ4n) is 5.22. The van der Waals surface area contributed by atoms with Crippen LogP contribution in [0.4, 0.5) is 4.79 Å². The van der Waals surface area contributed by atoms with Crippen molar-refractivity contribution in [2.75, 3.05) is 26.2 Å². The van der Waals surface area contributed by atoms with E-state index in [-0.39, 0.29) is 43.4 Å². The number of carbonyl (C=O) groups excluding carboxylic acids is 2. The van der Waals surface area contributed by atoms with Gasteiger partial charge in [-0.25, -0.2) is 4.79 Å². The van der Waals surface area contributed by atoms with Gasteiger partial charge in [-0.15, -0.1) is 0 Å². The lowest BCUT2D eigenvalue weighted by atomic mass is 9.77. The Bertz CT molecular complexity index is 1060. The molecule has 1 saturated carbocycles. The second-order valence-corrected chi connectivity index (χ2v) is 9.44. The molecule has 1 heterocycles. The standard InChI is InChI=1S/C26H28N2O5/c1-2-26(24(30)31)14-28(15-26)23(29)21-11-16(21)12-27-25(32)33-13-22-19-9-5-3-7-17(19)18-8-4-6-10-20(18)22/h3-10,16,21-22H,2,11-15H2,1H3,(H,27,32)(H,30,31)/t16-,21-/m0/s1. The predicted molar refractivity (Wildman–Crippen MR) is 122 cm³/mol. The Balaban J connectivity index is 1.09. The number of likely N-dealkylation sites (tertiary alicyclic amines) is 1. The number of carboxylic acid groups (broad SMARTS) is 1. The number of benzene rings is 2. The number of alkyl carbamates (subject to hydrolysis) is 1. The maximum absolute atomic E-state index is 12.6. The van der Waals surface area contributed by atoms with Gasteiger partial charge in [-0.1, -0.05) is 55.5 Å². The molecule has 2 aliphatic carbocycles. The van der Waals surface area contributed by atoms with Crippen LogP contribution in [0.25, 0.3) is 11.1 Å². The summed E-state index contributed by atoms with van der Waals surface area (Å²) < 4.78 is 5.55. The molecule has 7 nitrogen and oxygen atoms in total. The molecule has 7 heteroatoms. The molecule has 3 aliphatic rings. The first-order chi connectivity index (χ1) is 15.9. The van der Waals surface area contributed by atoms with Crippen molar-refractivity contribution < 1.29 is 24.2 Å². The molecule has 2 aromatic carbocycles. The van der Waals surface area contributed by atoms with E-state index in [0.717, 1.165) is 0 Å². The van der Waals surface area contributed by atoms with Gasteiger partial charge in [0, 0.05) is 31.5 Å². The number of rotatable bonds is 7. The highest BCUT2D eigenvalue weighted by atomic mass is 16.5. The molecule has 2 aromatic rings. The Kier molecular flexibility index (Phi) is 5.35. The number of hydrogen-bond acceptors (Lipinski definition) is 4. The van der Waals surface area contributed by atoms with Crippen molar-refractivity contribution in [1.29, 1.82) is 0 Å². The third-order valence-electron chi connectivity index (χ3n) is 7.52. The SMILES string of the molecule is CCC1(C(=O)O)CN(C(=O)[C@H]2C[C@H]2CNC(=O)OCC2c3ccccc3-c3ccccc32)C1. The van der Waals surface area contributed by atoms with Gasteiger partial charge in [-0.05, 0) is 41.0 Å². The predicted octanol–water partition coefficient (Wildman–Crippen LogP) is 3.48. The van der Waals surface area contributed by atoms with Crippen molar-refractivity contribution in [2.24, 2.45) is 17.3 Å². The molecule has 172 valence electrons. The van der Waals surface area contributed by atoms with Gasteiger partial charge < -0.3 is 20.1 Å². The zero-order valence-electron chi connectivity index (χ0n) is 18.6. The molecule has 1 aliphatic heterocycles. The van der Waals surface area contributed by atoms with Crippen molar-refractivity contribution in [3.05, 3.63) is 59.7 Å². The summed E-state index contributed by atoms with van der Waals surface area (Å²) in [5.74, 6) is -0.877. The molecule has 0 unspecified atom stereocenters. The minimum absolute atomic E-state index is 0.000313. The number of hydrogen-bond donors (Lipinski definition) is 2. The summed E-state index contributed by atoms with van der Waals surface area (Å²) in [6, 6.07) is 16.4. The number of nitrogens with zero attached hydrogens (tertiary/aromatic N) is 1. The minimum Gasteiger partial charge on any atom is -0.481 e. The first-order valence-corrected chi connectivity index (χ1v) is 11.5. The maximum atomic E-state index is 12.6. The van der Waals surface area contributed by atoms with Crippen LogP contribution in [0.1, 0.15) is 36.8 Å². The van der Waals surface area contributed by atoms with Gasteiger partial charge in [0.2, 0.25) is 5.91 Å². The largest absolute Gasteiger partial charge is 0.481 e. The Hall–Kier alpha value is -3.35. The minimum atomic E-state index is -0.835. The van der Waals surface area contributed by atoms with E-state index in [1.807, 2.05) is 31.2 Å². The van der Waals surface area contributed by atoms with Crippen LogP contribution in [0, 0.1) is 17.3 Å². The van der Waals surface area contributed by atoms with Crippen molar-refractivity contribution in [3.8, 4) is 11.1 Å².